The Morgan fingerprint density at radius 1 is 1.14 bits per heavy atom. The summed E-state index contributed by atoms with van der Waals surface area (Å²) in [4.78, 5) is 18.5. The lowest BCUT2D eigenvalue weighted by Crippen LogP contribution is -2.12. The Hall–Kier alpha value is -2.38. The van der Waals surface area contributed by atoms with Crippen LogP contribution in [0.5, 0.6) is 11.5 Å². The van der Waals surface area contributed by atoms with Gasteiger partial charge in [0.25, 0.3) is 5.91 Å². The summed E-state index contributed by atoms with van der Waals surface area (Å²) in [6, 6.07) is 13.0. The van der Waals surface area contributed by atoms with E-state index < -0.39 is 0 Å². The zero-order valence-electron chi connectivity index (χ0n) is 15.9. The number of benzene rings is 2. The van der Waals surface area contributed by atoms with E-state index in [1.54, 1.807) is 20.3 Å². The summed E-state index contributed by atoms with van der Waals surface area (Å²) in [5.41, 5.74) is 2.31. The second-order valence-corrected chi connectivity index (χ2v) is 8.01. The third-order valence-corrected chi connectivity index (χ3v) is 5.86. The van der Waals surface area contributed by atoms with Crippen molar-refractivity contribution >= 4 is 38.3 Å². The lowest BCUT2D eigenvalue weighted by Gasteiger charge is -2.08. The smallest absolute Gasteiger partial charge is 0.258 e. The van der Waals surface area contributed by atoms with Crippen molar-refractivity contribution in [3.63, 3.8) is 0 Å². The van der Waals surface area contributed by atoms with Gasteiger partial charge in [-0.2, -0.15) is 0 Å². The molecule has 3 rings (SSSR count). The molecule has 0 aliphatic heterocycles. The highest BCUT2D eigenvalue weighted by Gasteiger charge is 2.17. The van der Waals surface area contributed by atoms with Crippen LogP contribution in [0.4, 0.5) is 5.13 Å². The third kappa shape index (κ3) is 4.54. The van der Waals surface area contributed by atoms with Crippen molar-refractivity contribution in [3.8, 4) is 22.8 Å². The highest BCUT2D eigenvalue weighted by atomic mass is 79.9. The van der Waals surface area contributed by atoms with Gasteiger partial charge in [-0.05, 0) is 46.6 Å². The minimum absolute atomic E-state index is 0.195. The van der Waals surface area contributed by atoms with E-state index in [4.69, 9.17) is 14.5 Å². The van der Waals surface area contributed by atoms with Gasteiger partial charge in [-0.3, -0.25) is 10.1 Å². The number of aryl methyl sites for hydroxylation is 1. The summed E-state index contributed by atoms with van der Waals surface area (Å²) in [7, 11) is 3.24. The minimum atomic E-state index is -0.195. The highest BCUT2D eigenvalue weighted by Crippen LogP contribution is 2.36. The second-order valence-electron chi connectivity index (χ2n) is 6.08. The number of ether oxygens (including phenoxy) is 2. The third-order valence-electron chi connectivity index (χ3n) is 4.14. The standard InChI is InChI=1S/C21H21BrN2O3S/c1-4-7-18-19(13-10-14(26-2)12-15(11-13)27-3)23-21(28-18)24-20(25)16-8-5-6-9-17(16)22/h5-6,8-12H,4,7H2,1-3H3,(H,23,24,25). The van der Waals surface area contributed by atoms with Crippen LogP contribution in [-0.2, 0) is 6.42 Å². The number of hydrogen-bond donors (Lipinski definition) is 1. The van der Waals surface area contributed by atoms with E-state index in [-0.39, 0.29) is 5.91 Å². The molecule has 2 aromatic carbocycles. The number of aromatic nitrogens is 1. The summed E-state index contributed by atoms with van der Waals surface area (Å²) >= 11 is 4.91. The number of methoxy groups -OCH3 is 2. The molecule has 1 N–H and O–H groups in total. The Kier molecular flexibility index (Phi) is 6.70. The fourth-order valence-corrected chi connectivity index (χ4v) is 4.33. The van der Waals surface area contributed by atoms with E-state index >= 15 is 0 Å². The van der Waals surface area contributed by atoms with Gasteiger partial charge in [0, 0.05) is 21.0 Å². The molecular weight excluding hydrogens is 440 g/mol. The molecule has 0 spiro atoms. The maximum absolute atomic E-state index is 12.6. The average molecular weight is 461 g/mol. The Balaban J connectivity index is 1.96. The van der Waals surface area contributed by atoms with E-state index in [2.05, 4.69) is 28.2 Å². The molecule has 7 heteroatoms. The van der Waals surface area contributed by atoms with Gasteiger partial charge < -0.3 is 9.47 Å². The molecule has 0 bridgehead atoms. The molecule has 0 atom stereocenters. The molecule has 0 radical (unpaired) electrons. The van der Waals surface area contributed by atoms with Crippen LogP contribution in [0, 0.1) is 0 Å². The number of nitrogens with zero attached hydrogens (tertiary/aromatic N) is 1. The molecule has 5 nitrogen and oxygen atoms in total. The monoisotopic (exact) mass is 460 g/mol. The number of amides is 1. The molecule has 1 amide bonds. The van der Waals surface area contributed by atoms with Crippen LogP contribution in [0.1, 0.15) is 28.6 Å². The van der Waals surface area contributed by atoms with Gasteiger partial charge in [-0.15, -0.1) is 11.3 Å². The predicted molar refractivity (Wildman–Crippen MR) is 117 cm³/mol. The number of hydrogen-bond acceptors (Lipinski definition) is 5. The molecular formula is C21H21BrN2O3S. The van der Waals surface area contributed by atoms with Gasteiger partial charge >= 0.3 is 0 Å². The van der Waals surface area contributed by atoms with E-state index in [0.717, 1.165) is 33.4 Å². The van der Waals surface area contributed by atoms with Crippen molar-refractivity contribution in [2.45, 2.75) is 19.8 Å². The Labute approximate surface area is 176 Å². The SMILES string of the molecule is CCCc1sc(NC(=O)c2ccccc2Br)nc1-c1cc(OC)cc(OC)c1. The first-order valence-electron chi connectivity index (χ1n) is 8.84. The minimum Gasteiger partial charge on any atom is -0.497 e. The van der Waals surface area contributed by atoms with Crippen molar-refractivity contribution in [3.05, 3.63) is 57.4 Å². The summed E-state index contributed by atoms with van der Waals surface area (Å²) in [6.07, 6.45) is 1.85. The first kappa shape index (κ1) is 20.4. The van der Waals surface area contributed by atoms with Gasteiger partial charge in [0.05, 0.1) is 25.5 Å². The van der Waals surface area contributed by atoms with Crippen LogP contribution in [-0.4, -0.2) is 25.1 Å². The average Bonchev–Trinajstić information content (AvgIpc) is 3.10. The normalized spacial score (nSPS) is 10.6. The van der Waals surface area contributed by atoms with Crippen molar-refractivity contribution in [1.29, 1.82) is 0 Å². The van der Waals surface area contributed by atoms with Gasteiger partial charge in [0.15, 0.2) is 5.13 Å². The van der Waals surface area contributed by atoms with Crippen LogP contribution >= 0.6 is 27.3 Å². The topological polar surface area (TPSA) is 60.5 Å². The Bertz CT molecular complexity index is 965. The number of nitrogens with one attached hydrogen (secondary N) is 1. The van der Waals surface area contributed by atoms with Crippen LogP contribution in [0.15, 0.2) is 46.9 Å². The Morgan fingerprint density at radius 3 is 2.43 bits per heavy atom. The lowest BCUT2D eigenvalue weighted by atomic mass is 10.1. The van der Waals surface area contributed by atoms with E-state index in [1.807, 2.05) is 36.4 Å². The van der Waals surface area contributed by atoms with Crippen LogP contribution < -0.4 is 14.8 Å². The highest BCUT2D eigenvalue weighted by molar-refractivity contribution is 9.10. The molecule has 0 unspecified atom stereocenters. The lowest BCUT2D eigenvalue weighted by molar-refractivity contribution is 0.102. The second kappa shape index (κ2) is 9.21. The summed E-state index contributed by atoms with van der Waals surface area (Å²) in [5, 5.41) is 3.49. The van der Waals surface area contributed by atoms with E-state index in [9.17, 15) is 4.79 Å². The quantitative estimate of drug-likeness (QED) is 0.484. The number of anilines is 1. The largest absolute Gasteiger partial charge is 0.497 e. The first-order valence-corrected chi connectivity index (χ1v) is 10.5. The molecule has 0 aliphatic rings. The number of halogens is 1. The zero-order valence-corrected chi connectivity index (χ0v) is 18.3. The molecule has 0 saturated carbocycles. The predicted octanol–water partition coefficient (Wildman–Crippen LogP) is 5.79. The molecule has 3 aromatic rings. The number of thiazole rings is 1. The molecule has 0 fully saturated rings. The van der Waals surface area contributed by atoms with Gasteiger partial charge in [0.1, 0.15) is 11.5 Å². The number of carbonyl (C=O) groups is 1. The number of rotatable bonds is 7. The fraction of sp³-hybridized carbons (Fsp3) is 0.238. The number of carbonyl (C=O) groups excluding carboxylic acids is 1. The fourth-order valence-electron chi connectivity index (χ4n) is 2.78. The van der Waals surface area contributed by atoms with Gasteiger partial charge in [-0.25, -0.2) is 4.98 Å². The maximum Gasteiger partial charge on any atom is 0.258 e. The van der Waals surface area contributed by atoms with Crippen LogP contribution in [0.3, 0.4) is 0 Å². The van der Waals surface area contributed by atoms with Crippen molar-refractivity contribution < 1.29 is 14.3 Å². The molecule has 146 valence electrons. The maximum atomic E-state index is 12.6. The molecule has 0 saturated heterocycles. The molecule has 28 heavy (non-hydrogen) atoms. The molecule has 1 heterocycles. The van der Waals surface area contributed by atoms with Crippen LogP contribution in [0.2, 0.25) is 0 Å². The van der Waals surface area contributed by atoms with E-state index in [0.29, 0.717) is 22.2 Å². The molecule has 0 aliphatic carbocycles. The summed E-state index contributed by atoms with van der Waals surface area (Å²) in [5.74, 6) is 1.20. The van der Waals surface area contributed by atoms with Crippen molar-refractivity contribution in [2.75, 3.05) is 19.5 Å². The van der Waals surface area contributed by atoms with E-state index in [1.165, 1.54) is 11.3 Å². The Morgan fingerprint density at radius 2 is 1.82 bits per heavy atom. The first-order chi connectivity index (χ1) is 13.5. The van der Waals surface area contributed by atoms with Crippen LogP contribution in [0.25, 0.3) is 11.3 Å². The zero-order chi connectivity index (χ0) is 20.1. The summed E-state index contributed by atoms with van der Waals surface area (Å²) in [6.45, 7) is 2.12. The van der Waals surface area contributed by atoms with Crippen molar-refractivity contribution in [2.24, 2.45) is 0 Å². The summed E-state index contributed by atoms with van der Waals surface area (Å²) < 4.78 is 11.5. The van der Waals surface area contributed by atoms with Crippen molar-refractivity contribution in [1.82, 2.24) is 4.98 Å². The van der Waals surface area contributed by atoms with Gasteiger partial charge in [0.2, 0.25) is 0 Å². The molecule has 1 aromatic heterocycles. The van der Waals surface area contributed by atoms with Gasteiger partial charge in [-0.1, -0.05) is 25.5 Å².